The lowest BCUT2D eigenvalue weighted by atomic mass is 9.96. The van der Waals surface area contributed by atoms with Crippen molar-refractivity contribution in [2.24, 2.45) is 0 Å². The van der Waals surface area contributed by atoms with E-state index in [-0.39, 0.29) is 5.78 Å². The third-order valence-electron chi connectivity index (χ3n) is 3.38. The zero-order valence-corrected chi connectivity index (χ0v) is 10.9. The molecule has 0 unspecified atom stereocenters. The predicted molar refractivity (Wildman–Crippen MR) is 75.6 cm³/mol. The summed E-state index contributed by atoms with van der Waals surface area (Å²) in [5.41, 5.74) is 2.50. The van der Waals surface area contributed by atoms with Crippen molar-refractivity contribution in [3.8, 4) is 0 Å². The monoisotopic (exact) mass is 250 g/mol. The Kier molecular flexibility index (Phi) is 2.71. The first-order chi connectivity index (χ1) is 9.16. The van der Waals surface area contributed by atoms with Crippen molar-refractivity contribution < 1.29 is 9.21 Å². The number of hydrogen-bond acceptors (Lipinski definition) is 2. The molecule has 0 saturated carbocycles. The minimum Gasteiger partial charge on any atom is -0.469 e. The first kappa shape index (κ1) is 11.7. The topological polar surface area (TPSA) is 30.2 Å². The highest BCUT2D eigenvalue weighted by Crippen LogP contribution is 2.25. The van der Waals surface area contributed by atoms with Gasteiger partial charge in [0.05, 0.1) is 5.56 Å². The van der Waals surface area contributed by atoms with Crippen molar-refractivity contribution in [1.29, 1.82) is 0 Å². The van der Waals surface area contributed by atoms with Gasteiger partial charge in [0.25, 0.3) is 0 Å². The molecule has 94 valence electrons. The summed E-state index contributed by atoms with van der Waals surface area (Å²) in [5.74, 6) is 0.757. The van der Waals surface area contributed by atoms with Gasteiger partial charge in [-0.3, -0.25) is 4.79 Å². The molecule has 3 aromatic rings. The van der Waals surface area contributed by atoms with Crippen LogP contribution in [0.2, 0.25) is 0 Å². The van der Waals surface area contributed by atoms with E-state index in [0.29, 0.717) is 5.56 Å². The average Bonchev–Trinajstić information content (AvgIpc) is 2.86. The highest BCUT2D eigenvalue weighted by molar-refractivity contribution is 6.16. The second-order valence-electron chi connectivity index (χ2n) is 4.75. The standard InChI is InChI=1S/C17H14O2/c1-11-7-8-16(15-6-4-3-5-14(11)15)17(18)13-9-12(2)19-10-13/h3-10H,1-2H3. The Bertz CT molecular complexity index is 766. The number of carbonyl (C=O) groups is 1. The molecular formula is C17H14O2. The summed E-state index contributed by atoms with van der Waals surface area (Å²) in [5, 5.41) is 2.11. The smallest absolute Gasteiger partial charge is 0.196 e. The molecule has 2 nitrogen and oxygen atoms in total. The Morgan fingerprint density at radius 1 is 1.00 bits per heavy atom. The maximum Gasteiger partial charge on any atom is 0.196 e. The zero-order chi connectivity index (χ0) is 13.4. The number of rotatable bonds is 2. The minimum atomic E-state index is 0.00745. The molecule has 0 aliphatic heterocycles. The molecule has 1 aromatic heterocycles. The average molecular weight is 250 g/mol. The van der Waals surface area contributed by atoms with Crippen LogP contribution in [0.5, 0.6) is 0 Å². The summed E-state index contributed by atoms with van der Waals surface area (Å²) in [6.07, 6.45) is 1.52. The van der Waals surface area contributed by atoms with Gasteiger partial charge < -0.3 is 4.42 Å². The Hall–Kier alpha value is -2.35. The molecule has 0 spiro atoms. The molecule has 1 heterocycles. The van der Waals surface area contributed by atoms with E-state index in [0.717, 1.165) is 22.1 Å². The third kappa shape index (κ3) is 1.95. The van der Waals surface area contributed by atoms with Crippen LogP contribution in [0.3, 0.4) is 0 Å². The molecule has 2 aromatic carbocycles. The van der Waals surface area contributed by atoms with Gasteiger partial charge in [0, 0.05) is 5.56 Å². The molecule has 0 aliphatic rings. The van der Waals surface area contributed by atoms with Gasteiger partial charge in [0.2, 0.25) is 0 Å². The normalized spacial score (nSPS) is 10.8. The third-order valence-corrected chi connectivity index (χ3v) is 3.38. The number of benzene rings is 2. The minimum absolute atomic E-state index is 0.00745. The van der Waals surface area contributed by atoms with Gasteiger partial charge in [-0.2, -0.15) is 0 Å². The molecule has 3 rings (SSSR count). The number of ketones is 1. The molecule has 0 atom stereocenters. The molecule has 0 saturated heterocycles. The quantitative estimate of drug-likeness (QED) is 0.635. The maximum atomic E-state index is 12.5. The lowest BCUT2D eigenvalue weighted by molar-refractivity contribution is 0.103. The van der Waals surface area contributed by atoms with Crippen molar-refractivity contribution >= 4 is 16.6 Å². The Morgan fingerprint density at radius 3 is 2.42 bits per heavy atom. The number of aryl methyl sites for hydroxylation is 2. The molecule has 0 fully saturated rings. The number of carbonyl (C=O) groups excluding carboxylic acids is 1. The lowest BCUT2D eigenvalue weighted by Gasteiger charge is -2.07. The Morgan fingerprint density at radius 2 is 1.74 bits per heavy atom. The van der Waals surface area contributed by atoms with Crippen LogP contribution in [0, 0.1) is 13.8 Å². The van der Waals surface area contributed by atoms with E-state index in [4.69, 9.17) is 4.42 Å². The van der Waals surface area contributed by atoms with E-state index in [9.17, 15) is 4.79 Å². The van der Waals surface area contributed by atoms with E-state index in [1.807, 2.05) is 43.3 Å². The van der Waals surface area contributed by atoms with E-state index < -0.39 is 0 Å². The van der Waals surface area contributed by atoms with Crippen LogP contribution in [0.4, 0.5) is 0 Å². The molecule has 0 bridgehead atoms. The summed E-state index contributed by atoms with van der Waals surface area (Å²) in [7, 11) is 0. The summed E-state index contributed by atoms with van der Waals surface area (Å²) >= 11 is 0. The summed E-state index contributed by atoms with van der Waals surface area (Å²) in [6, 6.07) is 13.6. The number of hydrogen-bond donors (Lipinski definition) is 0. The van der Waals surface area contributed by atoms with Crippen molar-refractivity contribution in [3.05, 3.63) is 71.2 Å². The summed E-state index contributed by atoms with van der Waals surface area (Å²) in [4.78, 5) is 12.5. The maximum absolute atomic E-state index is 12.5. The van der Waals surface area contributed by atoms with Crippen molar-refractivity contribution in [2.45, 2.75) is 13.8 Å². The van der Waals surface area contributed by atoms with E-state index in [2.05, 4.69) is 6.92 Å². The fraction of sp³-hybridized carbons (Fsp3) is 0.118. The van der Waals surface area contributed by atoms with E-state index in [1.54, 1.807) is 6.07 Å². The zero-order valence-electron chi connectivity index (χ0n) is 10.9. The highest BCUT2D eigenvalue weighted by Gasteiger charge is 2.14. The van der Waals surface area contributed by atoms with Crippen molar-refractivity contribution in [2.75, 3.05) is 0 Å². The molecule has 0 amide bonds. The molecular weight excluding hydrogens is 236 g/mol. The molecule has 2 heteroatoms. The lowest BCUT2D eigenvalue weighted by Crippen LogP contribution is -2.01. The second-order valence-corrected chi connectivity index (χ2v) is 4.75. The summed E-state index contributed by atoms with van der Waals surface area (Å²) < 4.78 is 5.22. The largest absolute Gasteiger partial charge is 0.469 e. The van der Waals surface area contributed by atoms with Crippen LogP contribution in [-0.2, 0) is 0 Å². The van der Waals surface area contributed by atoms with Crippen molar-refractivity contribution in [3.63, 3.8) is 0 Å². The fourth-order valence-corrected chi connectivity index (χ4v) is 2.37. The van der Waals surface area contributed by atoms with Gasteiger partial charge in [-0.1, -0.05) is 36.4 Å². The SMILES string of the molecule is Cc1cc(C(=O)c2ccc(C)c3ccccc23)co1. The van der Waals surface area contributed by atoms with E-state index in [1.165, 1.54) is 11.8 Å². The molecule has 0 aliphatic carbocycles. The number of fused-ring (bicyclic) bond motifs is 1. The number of furan rings is 1. The van der Waals surface area contributed by atoms with Crippen molar-refractivity contribution in [1.82, 2.24) is 0 Å². The first-order valence-corrected chi connectivity index (χ1v) is 6.25. The second kappa shape index (κ2) is 4.39. The summed E-state index contributed by atoms with van der Waals surface area (Å²) in [6.45, 7) is 3.89. The fourth-order valence-electron chi connectivity index (χ4n) is 2.37. The first-order valence-electron chi connectivity index (χ1n) is 6.25. The molecule has 0 radical (unpaired) electrons. The van der Waals surface area contributed by atoms with Gasteiger partial charge in [-0.25, -0.2) is 0 Å². The predicted octanol–water partition coefficient (Wildman–Crippen LogP) is 4.28. The van der Waals surface area contributed by atoms with E-state index >= 15 is 0 Å². The van der Waals surface area contributed by atoms with Crippen LogP contribution in [0.15, 0.2) is 53.1 Å². The van der Waals surface area contributed by atoms with Gasteiger partial charge in [-0.15, -0.1) is 0 Å². The molecule has 19 heavy (non-hydrogen) atoms. The van der Waals surface area contributed by atoms with Crippen LogP contribution < -0.4 is 0 Å². The van der Waals surface area contributed by atoms with Gasteiger partial charge in [-0.05, 0) is 36.2 Å². The highest BCUT2D eigenvalue weighted by atomic mass is 16.3. The van der Waals surface area contributed by atoms with Crippen LogP contribution >= 0.6 is 0 Å². The van der Waals surface area contributed by atoms with Crippen LogP contribution in [0.25, 0.3) is 10.8 Å². The van der Waals surface area contributed by atoms with Gasteiger partial charge in [0.1, 0.15) is 12.0 Å². The van der Waals surface area contributed by atoms with Gasteiger partial charge in [0.15, 0.2) is 5.78 Å². The van der Waals surface area contributed by atoms with Crippen LogP contribution in [0.1, 0.15) is 27.2 Å². The Balaban J connectivity index is 2.21. The Labute approximate surface area is 111 Å². The molecule has 0 N–H and O–H groups in total. The van der Waals surface area contributed by atoms with Gasteiger partial charge >= 0.3 is 0 Å². The van der Waals surface area contributed by atoms with Crippen LogP contribution in [-0.4, -0.2) is 5.78 Å².